The smallest absolute Gasteiger partial charge is 0.410 e. The Labute approximate surface area is 240 Å². The van der Waals surface area contributed by atoms with Crippen LogP contribution < -0.4 is 5.32 Å². The van der Waals surface area contributed by atoms with Crippen molar-refractivity contribution in [2.24, 2.45) is 0 Å². The Morgan fingerprint density at radius 1 is 0.976 bits per heavy atom. The van der Waals surface area contributed by atoms with E-state index in [-0.39, 0.29) is 37.2 Å². The molecule has 3 rings (SSSR count). The number of carbonyl (C=O) groups is 4. The third-order valence-electron chi connectivity index (χ3n) is 6.36. The van der Waals surface area contributed by atoms with E-state index >= 15 is 0 Å². The molecule has 0 unspecified atom stereocenters. The summed E-state index contributed by atoms with van der Waals surface area (Å²) >= 11 is 0. The van der Waals surface area contributed by atoms with Gasteiger partial charge in [0.1, 0.15) is 17.0 Å². The number of allylic oxidation sites excluding steroid dienone is 1. The molecule has 2 aromatic rings. The summed E-state index contributed by atoms with van der Waals surface area (Å²) in [4.78, 5) is 53.3. The second-order valence-electron chi connectivity index (χ2n) is 12.1. The van der Waals surface area contributed by atoms with Crippen LogP contribution in [0.2, 0.25) is 0 Å². The number of anilines is 1. The fourth-order valence-electron chi connectivity index (χ4n) is 4.54. The third kappa shape index (κ3) is 8.25. The zero-order valence-electron chi connectivity index (χ0n) is 25.1. The number of hydrogen-bond acceptors (Lipinski definition) is 7. The molecule has 8 nitrogen and oxygen atoms in total. The van der Waals surface area contributed by atoms with Crippen LogP contribution in [-0.2, 0) is 31.9 Å². The minimum absolute atomic E-state index is 0.000962. The molecular formula is C32H39FN2O6. The molecule has 0 atom stereocenters. The zero-order chi connectivity index (χ0) is 30.7. The second-order valence-corrected chi connectivity index (χ2v) is 12.1. The highest BCUT2D eigenvalue weighted by Crippen LogP contribution is 2.37. The van der Waals surface area contributed by atoms with Crippen LogP contribution in [0.15, 0.2) is 42.0 Å². The number of nitrogens with one attached hydrogen (secondary N) is 1. The molecule has 9 heteroatoms. The SMILES string of the molecule is CNc1cc(F)cc2c1CC(=O)C(C(=O)Cc1ccc(C(=O)OC(C)(C)C)cc1)=C2CCN(C)C(=O)OC(C)(C)C. The Hall–Kier alpha value is -4.01. The lowest BCUT2D eigenvalue weighted by molar-refractivity contribution is -0.120. The zero-order valence-corrected chi connectivity index (χ0v) is 25.1. The van der Waals surface area contributed by atoms with Gasteiger partial charge in [-0.2, -0.15) is 0 Å². The van der Waals surface area contributed by atoms with Gasteiger partial charge in [-0.1, -0.05) is 12.1 Å². The van der Waals surface area contributed by atoms with E-state index in [0.29, 0.717) is 33.5 Å². The molecule has 0 spiro atoms. The minimum atomic E-state index is -0.691. The monoisotopic (exact) mass is 566 g/mol. The first-order valence-corrected chi connectivity index (χ1v) is 13.6. The molecule has 0 radical (unpaired) electrons. The van der Waals surface area contributed by atoms with Crippen LogP contribution in [-0.4, -0.2) is 60.4 Å². The van der Waals surface area contributed by atoms with Crippen molar-refractivity contribution < 1.29 is 33.0 Å². The van der Waals surface area contributed by atoms with Gasteiger partial charge in [-0.05, 0) is 94.5 Å². The number of Topliss-reactive ketones (excluding diaryl/α,β-unsaturated/α-hetero) is 2. The van der Waals surface area contributed by atoms with Gasteiger partial charge in [-0.15, -0.1) is 0 Å². The summed E-state index contributed by atoms with van der Waals surface area (Å²) in [5.41, 5.74) is 1.54. The molecule has 0 saturated heterocycles. The Bertz CT molecular complexity index is 1380. The summed E-state index contributed by atoms with van der Waals surface area (Å²) in [5, 5.41) is 2.94. The van der Waals surface area contributed by atoms with Crippen LogP contribution in [0.5, 0.6) is 0 Å². The van der Waals surface area contributed by atoms with Crippen molar-refractivity contribution in [1.82, 2.24) is 4.90 Å². The number of nitrogens with zero attached hydrogens (tertiary/aromatic N) is 1. The van der Waals surface area contributed by atoms with E-state index in [1.807, 2.05) is 0 Å². The molecule has 0 bridgehead atoms. The number of fused-ring (bicyclic) bond motifs is 1. The lowest BCUT2D eigenvalue weighted by Crippen LogP contribution is -2.35. The van der Waals surface area contributed by atoms with Gasteiger partial charge >= 0.3 is 12.1 Å². The molecule has 41 heavy (non-hydrogen) atoms. The molecule has 1 aliphatic carbocycles. The van der Waals surface area contributed by atoms with Crippen molar-refractivity contribution in [2.75, 3.05) is 26.0 Å². The molecule has 220 valence electrons. The number of amides is 1. The summed E-state index contributed by atoms with van der Waals surface area (Å²) < 4.78 is 25.5. The molecule has 1 aliphatic rings. The summed E-state index contributed by atoms with van der Waals surface area (Å²) in [6, 6.07) is 9.09. The van der Waals surface area contributed by atoms with Crippen LogP contribution in [0.4, 0.5) is 14.9 Å². The van der Waals surface area contributed by atoms with Crippen molar-refractivity contribution in [3.05, 3.63) is 70.0 Å². The lowest BCUT2D eigenvalue weighted by atomic mass is 9.79. The topological polar surface area (TPSA) is 102 Å². The van der Waals surface area contributed by atoms with Crippen LogP contribution in [0.3, 0.4) is 0 Å². The molecule has 0 heterocycles. The van der Waals surface area contributed by atoms with Gasteiger partial charge in [0, 0.05) is 39.2 Å². The molecule has 1 amide bonds. The van der Waals surface area contributed by atoms with Gasteiger partial charge in [-0.25, -0.2) is 14.0 Å². The van der Waals surface area contributed by atoms with E-state index in [0.717, 1.165) is 0 Å². The van der Waals surface area contributed by atoms with Crippen LogP contribution in [0, 0.1) is 5.82 Å². The molecule has 1 N–H and O–H groups in total. The van der Waals surface area contributed by atoms with Gasteiger partial charge in [0.15, 0.2) is 11.6 Å². The molecule has 0 saturated carbocycles. The van der Waals surface area contributed by atoms with Gasteiger partial charge in [-0.3, -0.25) is 9.59 Å². The van der Waals surface area contributed by atoms with Crippen molar-refractivity contribution in [3.8, 4) is 0 Å². The Balaban J connectivity index is 1.95. The lowest BCUT2D eigenvalue weighted by Gasteiger charge is -2.27. The van der Waals surface area contributed by atoms with Gasteiger partial charge in [0.25, 0.3) is 0 Å². The number of hydrogen-bond donors (Lipinski definition) is 1. The maximum absolute atomic E-state index is 14.7. The number of carbonyl (C=O) groups excluding carboxylic acids is 4. The first kappa shape index (κ1) is 31.5. The fraction of sp³-hybridized carbons (Fsp3) is 0.438. The van der Waals surface area contributed by atoms with E-state index in [9.17, 15) is 23.6 Å². The van der Waals surface area contributed by atoms with E-state index in [4.69, 9.17) is 9.47 Å². The number of benzene rings is 2. The van der Waals surface area contributed by atoms with Crippen LogP contribution in [0.1, 0.15) is 75.0 Å². The Morgan fingerprint density at radius 3 is 2.15 bits per heavy atom. The molecule has 0 aromatic heterocycles. The standard InChI is InChI=1S/C32H39FN2O6/c1-31(2,3)40-29(38)20-11-9-19(10-12-20)15-26(36)28-22(13-14-35(8)30(39)41-32(4,5)6)23-16-21(33)17-25(34-7)24(23)18-27(28)37/h9-12,16-17,34H,13-15,18H2,1-8H3. The van der Waals surface area contributed by atoms with E-state index in [1.165, 1.54) is 17.0 Å². The number of ketones is 2. The summed E-state index contributed by atoms with van der Waals surface area (Å²) in [5.74, 6) is -1.78. The second kappa shape index (κ2) is 12.2. The normalized spacial score (nSPS) is 13.4. The average Bonchev–Trinajstić information content (AvgIpc) is 2.85. The highest BCUT2D eigenvalue weighted by Gasteiger charge is 2.32. The molecular weight excluding hydrogens is 527 g/mol. The number of rotatable bonds is 8. The van der Waals surface area contributed by atoms with E-state index in [1.54, 1.807) is 79.9 Å². The van der Waals surface area contributed by atoms with Crippen LogP contribution in [0.25, 0.3) is 5.57 Å². The van der Waals surface area contributed by atoms with E-state index < -0.39 is 34.9 Å². The predicted molar refractivity (Wildman–Crippen MR) is 155 cm³/mol. The Morgan fingerprint density at radius 2 is 1.59 bits per heavy atom. The molecule has 2 aromatic carbocycles. The van der Waals surface area contributed by atoms with Gasteiger partial charge in [0.2, 0.25) is 0 Å². The summed E-state index contributed by atoms with van der Waals surface area (Å²) in [7, 11) is 3.21. The van der Waals surface area contributed by atoms with Crippen molar-refractivity contribution in [2.45, 2.75) is 72.0 Å². The third-order valence-corrected chi connectivity index (χ3v) is 6.36. The number of halogens is 1. The molecule has 0 aliphatic heterocycles. The highest BCUT2D eigenvalue weighted by molar-refractivity contribution is 6.27. The maximum Gasteiger partial charge on any atom is 0.410 e. The highest BCUT2D eigenvalue weighted by atomic mass is 19.1. The van der Waals surface area contributed by atoms with Crippen molar-refractivity contribution in [3.63, 3.8) is 0 Å². The Kier molecular flexibility index (Phi) is 9.41. The van der Waals surface area contributed by atoms with E-state index in [2.05, 4.69) is 5.32 Å². The average molecular weight is 567 g/mol. The van der Waals surface area contributed by atoms with Crippen molar-refractivity contribution in [1.29, 1.82) is 0 Å². The maximum atomic E-state index is 14.7. The minimum Gasteiger partial charge on any atom is -0.456 e. The largest absolute Gasteiger partial charge is 0.456 e. The molecule has 0 fully saturated rings. The first-order valence-electron chi connectivity index (χ1n) is 13.6. The van der Waals surface area contributed by atoms with Crippen LogP contribution >= 0.6 is 0 Å². The summed E-state index contributed by atoms with van der Waals surface area (Å²) in [6.07, 6.45) is -0.561. The predicted octanol–water partition coefficient (Wildman–Crippen LogP) is 5.77. The van der Waals surface area contributed by atoms with Gasteiger partial charge in [0.05, 0.1) is 11.1 Å². The first-order chi connectivity index (χ1) is 19.0. The summed E-state index contributed by atoms with van der Waals surface area (Å²) in [6.45, 7) is 10.8. The number of ether oxygens (including phenoxy) is 2. The quantitative estimate of drug-likeness (QED) is 0.320. The number of esters is 1. The van der Waals surface area contributed by atoms with Gasteiger partial charge < -0.3 is 19.7 Å². The van der Waals surface area contributed by atoms with Crippen molar-refractivity contribution >= 4 is 34.9 Å². The fourth-order valence-corrected chi connectivity index (χ4v) is 4.54.